The minimum absolute atomic E-state index is 0.239. The number of primary amides is 1. The second-order valence-corrected chi connectivity index (χ2v) is 7.92. The highest BCUT2D eigenvalue weighted by atomic mass is 32.1. The predicted octanol–water partition coefficient (Wildman–Crippen LogP) is 2.09. The summed E-state index contributed by atoms with van der Waals surface area (Å²) < 4.78 is 5.41. The lowest BCUT2D eigenvalue weighted by Gasteiger charge is -2.41. The van der Waals surface area contributed by atoms with Crippen molar-refractivity contribution >= 4 is 23.3 Å². The SMILES string of the molecule is CC(C)(C)OC(=O)N1CCCC(NCc2cccs2)(C(N)=O)C1. The highest BCUT2D eigenvalue weighted by molar-refractivity contribution is 7.09. The Hall–Kier alpha value is -1.60. The van der Waals surface area contributed by atoms with Gasteiger partial charge in [0.1, 0.15) is 11.1 Å². The van der Waals surface area contributed by atoms with Crippen LogP contribution >= 0.6 is 11.3 Å². The first kappa shape index (κ1) is 17.7. The lowest BCUT2D eigenvalue weighted by Crippen LogP contribution is -2.64. The molecule has 1 aromatic rings. The number of carbonyl (C=O) groups is 2. The number of hydrogen-bond donors (Lipinski definition) is 2. The van der Waals surface area contributed by atoms with Gasteiger partial charge in [-0.05, 0) is 45.1 Å². The molecule has 128 valence electrons. The summed E-state index contributed by atoms with van der Waals surface area (Å²) in [5.41, 5.74) is 4.19. The van der Waals surface area contributed by atoms with Gasteiger partial charge in [0, 0.05) is 18.0 Å². The Labute approximate surface area is 141 Å². The molecule has 0 bridgehead atoms. The van der Waals surface area contributed by atoms with Crippen LogP contribution in [0.25, 0.3) is 0 Å². The third-order valence-corrected chi connectivity index (χ3v) is 4.67. The van der Waals surface area contributed by atoms with Crippen LogP contribution in [0.15, 0.2) is 17.5 Å². The van der Waals surface area contributed by atoms with Crippen molar-refractivity contribution in [3.05, 3.63) is 22.4 Å². The highest BCUT2D eigenvalue weighted by Crippen LogP contribution is 2.24. The molecule has 1 unspecified atom stereocenters. The summed E-state index contributed by atoms with van der Waals surface area (Å²) >= 11 is 1.62. The van der Waals surface area contributed by atoms with Gasteiger partial charge in [0.2, 0.25) is 5.91 Å². The summed E-state index contributed by atoms with van der Waals surface area (Å²) in [5, 5.41) is 5.26. The largest absolute Gasteiger partial charge is 0.444 e. The molecule has 0 saturated carbocycles. The number of amides is 2. The van der Waals surface area contributed by atoms with Crippen LogP contribution in [0.3, 0.4) is 0 Å². The quantitative estimate of drug-likeness (QED) is 0.880. The molecule has 7 heteroatoms. The van der Waals surface area contributed by atoms with Gasteiger partial charge < -0.3 is 15.4 Å². The number of thiophene rings is 1. The third kappa shape index (κ3) is 4.68. The first-order chi connectivity index (χ1) is 10.7. The molecule has 1 fully saturated rings. The van der Waals surface area contributed by atoms with E-state index in [1.54, 1.807) is 16.2 Å². The van der Waals surface area contributed by atoms with E-state index in [0.717, 1.165) is 4.88 Å². The molecule has 1 saturated heterocycles. The molecule has 1 aliphatic heterocycles. The molecule has 0 aliphatic carbocycles. The van der Waals surface area contributed by atoms with Crippen LogP contribution in [0.5, 0.6) is 0 Å². The fourth-order valence-electron chi connectivity index (χ4n) is 2.64. The van der Waals surface area contributed by atoms with Crippen molar-refractivity contribution in [2.45, 2.75) is 51.3 Å². The molecule has 0 radical (unpaired) electrons. The van der Waals surface area contributed by atoms with Crippen LogP contribution in [0.1, 0.15) is 38.5 Å². The maximum absolute atomic E-state index is 12.3. The first-order valence-electron chi connectivity index (χ1n) is 7.77. The summed E-state index contributed by atoms with van der Waals surface area (Å²) in [6, 6.07) is 3.97. The van der Waals surface area contributed by atoms with Gasteiger partial charge in [-0.3, -0.25) is 10.1 Å². The zero-order valence-corrected chi connectivity index (χ0v) is 14.7. The van der Waals surface area contributed by atoms with Crippen LogP contribution in [-0.2, 0) is 16.1 Å². The Morgan fingerprint density at radius 3 is 2.78 bits per heavy atom. The maximum atomic E-state index is 12.3. The van der Waals surface area contributed by atoms with Crippen molar-refractivity contribution in [1.82, 2.24) is 10.2 Å². The topological polar surface area (TPSA) is 84.7 Å². The molecular formula is C16H25N3O3S. The van der Waals surface area contributed by atoms with Crippen molar-refractivity contribution in [2.75, 3.05) is 13.1 Å². The summed E-state index contributed by atoms with van der Waals surface area (Å²) in [4.78, 5) is 27.1. The van der Waals surface area contributed by atoms with Gasteiger partial charge in [-0.1, -0.05) is 6.07 Å². The molecule has 0 aromatic carbocycles. The summed E-state index contributed by atoms with van der Waals surface area (Å²) in [5.74, 6) is -0.428. The second kappa shape index (κ2) is 6.88. The molecule has 0 spiro atoms. The molecule has 2 amide bonds. The number of likely N-dealkylation sites (tertiary alicyclic amines) is 1. The fraction of sp³-hybridized carbons (Fsp3) is 0.625. The molecule has 1 aromatic heterocycles. The average molecular weight is 339 g/mol. The van der Waals surface area contributed by atoms with Gasteiger partial charge in [-0.25, -0.2) is 4.79 Å². The van der Waals surface area contributed by atoms with Crippen molar-refractivity contribution in [1.29, 1.82) is 0 Å². The molecule has 1 atom stereocenters. The number of hydrogen-bond acceptors (Lipinski definition) is 5. The van der Waals surface area contributed by atoms with Crippen LogP contribution in [0.2, 0.25) is 0 Å². The molecular weight excluding hydrogens is 314 g/mol. The number of rotatable bonds is 4. The zero-order chi connectivity index (χ0) is 17.1. The normalized spacial score (nSPS) is 22.0. The summed E-state index contributed by atoms with van der Waals surface area (Å²) in [6.07, 6.45) is 0.924. The number of ether oxygens (including phenoxy) is 1. The van der Waals surface area contributed by atoms with E-state index < -0.39 is 23.1 Å². The predicted molar refractivity (Wildman–Crippen MR) is 90.1 cm³/mol. The smallest absolute Gasteiger partial charge is 0.410 e. The number of carbonyl (C=O) groups excluding carboxylic acids is 2. The Kier molecular flexibility index (Phi) is 5.31. The van der Waals surface area contributed by atoms with Gasteiger partial charge in [-0.2, -0.15) is 0 Å². The molecule has 2 rings (SSSR count). The van der Waals surface area contributed by atoms with Crippen LogP contribution in [0.4, 0.5) is 4.79 Å². The second-order valence-electron chi connectivity index (χ2n) is 6.88. The summed E-state index contributed by atoms with van der Waals surface area (Å²) in [7, 11) is 0. The Morgan fingerprint density at radius 2 is 2.22 bits per heavy atom. The zero-order valence-electron chi connectivity index (χ0n) is 13.9. The number of nitrogens with two attached hydrogens (primary N) is 1. The van der Waals surface area contributed by atoms with Crippen molar-refractivity contribution in [2.24, 2.45) is 5.73 Å². The van der Waals surface area contributed by atoms with E-state index in [1.807, 2.05) is 38.3 Å². The molecule has 6 nitrogen and oxygen atoms in total. The Bertz CT molecular complexity index is 553. The standard InChI is InChI=1S/C16H25N3O3S/c1-15(2,3)22-14(21)19-8-5-7-16(11-19,13(17)20)18-10-12-6-4-9-23-12/h4,6,9,18H,5,7-8,10-11H2,1-3H3,(H2,17,20). The van der Waals surface area contributed by atoms with E-state index in [-0.39, 0.29) is 6.54 Å². The lowest BCUT2D eigenvalue weighted by molar-refractivity contribution is -0.126. The van der Waals surface area contributed by atoms with E-state index >= 15 is 0 Å². The fourth-order valence-corrected chi connectivity index (χ4v) is 3.28. The molecule has 3 N–H and O–H groups in total. The van der Waals surface area contributed by atoms with E-state index in [2.05, 4.69) is 5.32 Å². The Balaban J connectivity index is 2.06. The van der Waals surface area contributed by atoms with Gasteiger partial charge >= 0.3 is 6.09 Å². The number of nitrogens with one attached hydrogen (secondary N) is 1. The third-order valence-electron chi connectivity index (χ3n) is 3.80. The molecule has 2 heterocycles. The minimum atomic E-state index is -0.904. The van der Waals surface area contributed by atoms with Crippen LogP contribution in [-0.4, -0.2) is 41.1 Å². The average Bonchev–Trinajstić information content (AvgIpc) is 2.97. The van der Waals surface area contributed by atoms with Crippen LogP contribution in [0, 0.1) is 0 Å². The van der Waals surface area contributed by atoms with Gasteiger partial charge in [-0.15, -0.1) is 11.3 Å². The maximum Gasteiger partial charge on any atom is 0.410 e. The highest BCUT2D eigenvalue weighted by Gasteiger charge is 2.42. The Morgan fingerprint density at radius 1 is 1.48 bits per heavy atom. The van der Waals surface area contributed by atoms with E-state index in [1.165, 1.54) is 0 Å². The van der Waals surface area contributed by atoms with E-state index in [4.69, 9.17) is 10.5 Å². The molecule has 23 heavy (non-hydrogen) atoms. The minimum Gasteiger partial charge on any atom is -0.444 e. The monoisotopic (exact) mass is 339 g/mol. The van der Waals surface area contributed by atoms with Gasteiger partial charge in [0.15, 0.2) is 0 Å². The van der Waals surface area contributed by atoms with Crippen molar-refractivity contribution < 1.29 is 14.3 Å². The summed E-state index contributed by atoms with van der Waals surface area (Å²) in [6.45, 7) is 6.84. The molecule has 1 aliphatic rings. The number of piperidine rings is 1. The van der Waals surface area contributed by atoms with Crippen molar-refractivity contribution in [3.8, 4) is 0 Å². The van der Waals surface area contributed by atoms with E-state index in [9.17, 15) is 9.59 Å². The van der Waals surface area contributed by atoms with E-state index in [0.29, 0.717) is 25.9 Å². The lowest BCUT2D eigenvalue weighted by atomic mass is 9.88. The van der Waals surface area contributed by atoms with Gasteiger partial charge in [0.25, 0.3) is 0 Å². The van der Waals surface area contributed by atoms with Gasteiger partial charge in [0.05, 0.1) is 6.54 Å². The first-order valence-corrected chi connectivity index (χ1v) is 8.65. The number of nitrogens with zero attached hydrogens (tertiary/aromatic N) is 1. The van der Waals surface area contributed by atoms with Crippen LogP contribution < -0.4 is 11.1 Å². The van der Waals surface area contributed by atoms with Crippen molar-refractivity contribution in [3.63, 3.8) is 0 Å².